The van der Waals surface area contributed by atoms with Gasteiger partial charge in [0.2, 0.25) is 11.8 Å². The van der Waals surface area contributed by atoms with Gasteiger partial charge in [0.15, 0.2) is 0 Å². The van der Waals surface area contributed by atoms with Crippen LogP contribution in [0.5, 0.6) is 0 Å². The van der Waals surface area contributed by atoms with E-state index in [1.165, 1.54) is 9.13 Å². The van der Waals surface area contributed by atoms with Gasteiger partial charge in [-0.2, -0.15) is 0 Å². The van der Waals surface area contributed by atoms with Crippen molar-refractivity contribution in [2.24, 2.45) is 7.05 Å². The molecule has 2 heterocycles. The van der Waals surface area contributed by atoms with Crippen LogP contribution in [-0.2, 0) is 16.6 Å². The van der Waals surface area contributed by atoms with Gasteiger partial charge in [-0.3, -0.25) is 24.0 Å². The molecule has 2 amide bonds. The number of carbonyl (C=O) groups excluding carboxylic acids is 2. The van der Waals surface area contributed by atoms with E-state index < -0.39 is 11.9 Å². The van der Waals surface area contributed by atoms with Gasteiger partial charge in [-0.25, -0.2) is 4.79 Å². The Bertz CT molecular complexity index is 785. The van der Waals surface area contributed by atoms with Gasteiger partial charge in [0, 0.05) is 13.5 Å². The fraction of sp³-hybridized carbons (Fsp3) is 0.357. The van der Waals surface area contributed by atoms with E-state index >= 15 is 0 Å². The van der Waals surface area contributed by atoms with Crippen LogP contribution in [0.3, 0.4) is 0 Å². The number of rotatable bonds is 1. The van der Waals surface area contributed by atoms with Crippen molar-refractivity contribution in [3.63, 3.8) is 0 Å². The fourth-order valence-corrected chi connectivity index (χ4v) is 2.70. The molecule has 1 saturated heterocycles. The number of imidazole rings is 1. The smallest absolute Gasteiger partial charge is 0.295 e. The predicted molar refractivity (Wildman–Crippen MR) is 73.3 cm³/mol. The monoisotopic (exact) mass is 273 g/mol. The van der Waals surface area contributed by atoms with Crippen LogP contribution in [0.15, 0.2) is 23.0 Å². The van der Waals surface area contributed by atoms with Crippen LogP contribution in [0.4, 0.5) is 0 Å². The standard InChI is InChI=1S/C14H15N3O3/c1-8-3-4-9-11(7-8)16(2)14(20)17(9)10-5-6-12(18)15-13(10)19/h3-4,7,10H,5-6H2,1-2H3,(H,15,18,19)/t10-/m0/s1. The molecule has 20 heavy (non-hydrogen) atoms. The lowest BCUT2D eigenvalue weighted by Gasteiger charge is -2.21. The second kappa shape index (κ2) is 4.33. The SMILES string of the molecule is Cc1ccc2c(c1)n(C)c(=O)n2[C@H]1CCC(=O)NC1=O. The zero-order valence-electron chi connectivity index (χ0n) is 11.3. The van der Waals surface area contributed by atoms with Crippen LogP contribution >= 0.6 is 0 Å². The molecule has 0 aliphatic carbocycles. The normalized spacial score (nSPS) is 19.4. The maximum absolute atomic E-state index is 12.4. The molecular formula is C14H15N3O3. The zero-order valence-corrected chi connectivity index (χ0v) is 11.3. The van der Waals surface area contributed by atoms with Crippen molar-refractivity contribution in [1.82, 2.24) is 14.5 Å². The summed E-state index contributed by atoms with van der Waals surface area (Å²) in [5.41, 5.74) is 2.32. The molecule has 0 unspecified atom stereocenters. The first-order valence-electron chi connectivity index (χ1n) is 6.50. The third-order valence-corrected chi connectivity index (χ3v) is 3.77. The number of hydrogen-bond donors (Lipinski definition) is 1. The van der Waals surface area contributed by atoms with Crippen molar-refractivity contribution >= 4 is 22.8 Å². The number of fused-ring (bicyclic) bond motifs is 1. The van der Waals surface area contributed by atoms with Crippen LogP contribution in [-0.4, -0.2) is 20.9 Å². The van der Waals surface area contributed by atoms with Gasteiger partial charge in [-0.1, -0.05) is 6.07 Å². The second-order valence-electron chi connectivity index (χ2n) is 5.17. The molecule has 1 aromatic carbocycles. The third kappa shape index (κ3) is 1.76. The quantitative estimate of drug-likeness (QED) is 0.774. The summed E-state index contributed by atoms with van der Waals surface area (Å²) in [6, 6.07) is 5.05. The molecule has 0 radical (unpaired) electrons. The molecule has 0 bridgehead atoms. The Morgan fingerprint density at radius 1 is 1.20 bits per heavy atom. The number of nitrogens with one attached hydrogen (secondary N) is 1. The van der Waals surface area contributed by atoms with E-state index in [9.17, 15) is 14.4 Å². The first-order valence-corrected chi connectivity index (χ1v) is 6.50. The van der Waals surface area contributed by atoms with Crippen LogP contribution in [0.2, 0.25) is 0 Å². The van der Waals surface area contributed by atoms with E-state index in [-0.39, 0.29) is 18.0 Å². The molecule has 104 valence electrons. The maximum Gasteiger partial charge on any atom is 0.329 e. The summed E-state index contributed by atoms with van der Waals surface area (Å²) in [6.45, 7) is 1.95. The number of aromatic nitrogens is 2. The largest absolute Gasteiger partial charge is 0.329 e. The Hall–Kier alpha value is -2.37. The molecule has 1 aromatic heterocycles. The molecule has 6 nitrogen and oxygen atoms in total. The molecule has 1 fully saturated rings. The van der Waals surface area contributed by atoms with Gasteiger partial charge in [-0.15, -0.1) is 0 Å². The number of carbonyl (C=O) groups is 2. The Balaban J connectivity index is 2.21. The van der Waals surface area contributed by atoms with Crippen molar-refractivity contribution in [3.8, 4) is 0 Å². The van der Waals surface area contributed by atoms with Gasteiger partial charge in [0.25, 0.3) is 0 Å². The first kappa shape index (κ1) is 12.7. The van der Waals surface area contributed by atoms with E-state index in [1.54, 1.807) is 7.05 Å². The van der Waals surface area contributed by atoms with Gasteiger partial charge in [0.1, 0.15) is 6.04 Å². The molecule has 1 atom stereocenters. The average Bonchev–Trinajstić information content (AvgIpc) is 2.63. The number of imide groups is 1. The van der Waals surface area contributed by atoms with Crippen molar-refractivity contribution in [2.45, 2.75) is 25.8 Å². The molecule has 1 aliphatic rings. The number of piperidine rings is 1. The van der Waals surface area contributed by atoms with Crippen molar-refractivity contribution < 1.29 is 9.59 Å². The highest BCUT2D eigenvalue weighted by molar-refractivity contribution is 6.00. The molecule has 1 N–H and O–H groups in total. The lowest BCUT2D eigenvalue weighted by Crippen LogP contribution is -2.44. The summed E-state index contributed by atoms with van der Waals surface area (Å²) < 4.78 is 3.02. The Morgan fingerprint density at radius 2 is 1.95 bits per heavy atom. The summed E-state index contributed by atoms with van der Waals surface area (Å²) in [6.07, 6.45) is 0.614. The lowest BCUT2D eigenvalue weighted by atomic mass is 10.1. The van der Waals surface area contributed by atoms with E-state index in [2.05, 4.69) is 5.32 Å². The predicted octanol–water partition coefficient (Wildman–Crippen LogP) is 0.626. The highest BCUT2D eigenvalue weighted by Gasteiger charge is 2.31. The minimum Gasteiger partial charge on any atom is -0.295 e. The van der Waals surface area contributed by atoms with E-state index in [1.807, 2.05) is 25.1 Å². The maximum atomic E-state index is 12.4. The van der Waals surface area contributed by atoms with Crippen molar-refractivity contribution in [2.75, 3.05) is 0 Å². The van der Waals surface area contributed by atoms with E-state index in [4.69, 9.17) is 0 Å². The molecule has 2 aromatic rings. The number of aryl methyl sites for hydroxylation is 2. The van der Waals surface area contributed by atoms with E-state index in [0.717, 1.165) is 16.6 Å². The molecule has 0 spiro atoms. The minimum absolute atomic E-state index is 0.236. The molecular weight excluding hydrogens is 258 g/mol. The second-order valence-corrected chi connectivity index (χ2v) is 5.17. The van der Waals surface area contributed by atoms with Gasteiger partial charge >= 0.3 is 5.69 Å². The van der Waals surface area contributed by atoms with Crippen LogP contribution < -0.4 is 11.0 Å². The van der Waals surface area contributed by atoms with Gasteiger partial charge in [0.05, 0.1) is 11.0 Å². The molecule has 1 aliphatic heterocycles. The summed E-state index contributed by atoms with van der Waals surface area (Å²) >= 11 is 0. The fourth-order valence-electron chi connectivity index (χ4n) is 2.70. The lowest BCUT2D eigenvalue weighted by molar-refractivity contribution is -0.135. The third-order valence-electron chi connectivity index (χ3n) is 3.77. The van der Waals surface area contributed by atoms with Crippen LogP contribution in [0.1, 0.15) is 24.4 Å². The Kier molecular flexibility index (Phi) is 2.74. The number of amides is 2. The van der Waals surface area contributed by atoms with Crippen molar-refractivity contribution in [3.05, 3.63) is 34.2 Å². The van der Waals surface area contributed by atoms with Gasteiger partial charge < -0.3 is 0 Å². The molecule has 6 heteroatoms. The Labute approximate surface area is 115 Å². The van der Waals surface area contributed by atoms with Crippen LogP contribution in [0.25, 0.3) is 11.0 Å². The van der Waals surface area contributed by atoms with Crippen LogP contribution in [0, 0.1) is 6.92 Å². The summed E-state index contributed by atoms with van der Waals surface area (Å²) in [7, 11) is 1.69. The minimum atomic E-state index is -0.619. The summed E-state index contributed by atoms with van der Waals surface area (Å²) in [5.74, 6) is -0.688. The topological polar surface area (TPSA) is 73.1 Å². The highest BCUT2D eigenvalue weighted by Crippen LogP contribution is 2.23. The summed E-state index contributed by atoms with van der Waals surface area (Å²) in [4.78, 5) is 35.6. The van der Waals surface area contributed by atoms with Gasteiger partial charge in [-0.05, 0) is 31.0 Å². The molecule has 3 rings (SSSR count). The number of hydrogen-bond acceptors (Lipinski definition) is 3. The average molecular weight is 273 g/mol. The molecule has 0 saturated carbocycles. The Morgan fingerprint density at radius 3 is 2.65 bits per heavy atom. The first-order chi connectivity index (χ1) is 9.49. The summed E-state index contributed by atoms with van der Waals surface area (Å²) in [5, 5.41) is 2.29. The highest BCUT2D eigenvalue weighted by atomic mass is 16.2. The zero-order chi connectivity index (χ0) is 14.4. The number of benzene rings is 1. The van der Waals surface area contributed by atoms with E-state index in [0.29, 0.717) is 6.42 Å². The number of nitrogens with zero attached hydrogens (tertiary/aromatic N) is 2. The van der Waals surface area contributed by atoms with Crippen molar-refractivity contribution in [1.29, 1.82) is 0 Å².